The molecule has 3 heteroatoms. The minimum Gasteiger partial charge on any atom is -0.349 e. The molecule has 4 fully saturated rings. The summed E-state index contributed by atoms with van der Waals surface area (Å²) in [6, 6.07) is 0. The van der Waals surface area contributed by atoms with Crippen LogP contribution in [0.4, 0.5) is 0 Å². The number of hydrogen-bond donors (Lipinski definition) is 0. The Morgan fingerprint density at radius 3 is 1.91 bits per heavy atom. The zero-order valence-corrected chi connectivity index (χ0v) is 33.2. The van der Waals surface area contributed by atoms with E-state index in [4.69, 9.17) is 9.47 Å². The van der Waals surface area contributed by atoms with Crippen LogP contribution in [0, 0.1) is 71.0 Å². The van der Waals surface area contributed by atoms with Crippen LogP contribution in [-0.4, -0.2) is 44.5 Å². The van der Waals surface area contributed by atoms with Gasteiger partial charge in [-0.2, -0.15) is 0 Å². The Balaban J connectivity index is 1.41. The maximum Gasteiger partial charge on any atom is 0.168 e. The Bertz CT molecular complexity index is 846. The summed E-state index contributed by atoms with van der Waals surface area (Å²) in [5.74, 6) is 9.89. The minimum atomic E-state index is -0.291. The average molecular weight is 658 g/mol. The molecule has 3 aliphatic carbocycles. The topological polar surface area (TPSA) is 21.7 Å². The van der Waals surface area contributed by atoms with Gasteiger partial charge in [-0.05, 0) is 98.5 Å². The molecule has 9 atom stereocenters. The Morgan fingerprint density at radius 1 is 0.660 bits per heavy atom. The minimum absolute atomic E-state index is 0.291. The van der Waals surface area contributed by atoms with Crippen molar-refractivity contribution >= 4 is 0 Å². The van der Waals surface area contributed by atoms with Crippen LogP contribution in [0.3, 0.4) is 0 Å². The summed E-state index contributed by atoms with van der Waals surface area (Å²) in [7, 11) is 4.34. The lowest BCUT2D eigenvalue weighted by Crippen LogP contribution is -2.51. The fourth-order valence-electron chi connectivity index (χ4n) is 11.4. The molecule has 1 heterocycles. The molecule has 3 nitrogen and oxygen atoms in total. The zero-order chi connectivity index (χ0) is 34.0. The Labute approximate surface area is 294 Å². The van der Waals surface area contributed by atoms with Gasteiger partial charge in [-0.15, -0.1) is 0 Å². The maximum atomic E-state index is 6.67. The van der Waals surface area contributed by atoms with Gasteiger partial charge in [0.25, 0.3) is 0 Å². The monoisotopic (exact) mass is 658 g/mol. The van der Waals surface area contributed by atoms with Gasteiger partial charge >= 0.3 is 0 Å². The van der Waals surface area contributed by atoms with Crippen LogP contribution in [0.1, 0.15) is 170 Å². The molecule has 4 rings (SSSR count). The van der Waals surface area contributed by atoms with E-state index >= 15 is 0 Å². The number of fused-ring (bicyclic) bond motifs is 2. The highest BCUT2D eigenvalue weighted by atomic mass is 16.7. The molecule has 0 aromatic carbocycles. The van der Waals surface area contributed by atoms with Crippen molar-refractivity contribution in [1.29, 1.82) is 0 Å². The van der Waals surface area contributed by atoms with E-state index in [9.17, 15) is 0 Å². The van der Waals surface area contributed by atoms with Crippen LogP contribution in [0.2, 0.25) is 0 Å². The molecule has 276 valence electrons. The highest BCUT2D eigenvalue weighted by Gasteiger charge is 2.47. The molecular weight excluding hydrogens is 574 g/mol. The van der Waals surface area contributed by atoms with Crippen LogP contribution in [-0.2, 0) is 9.47 Å². The average Bonchev–Trinajstić information content (AvgIpc) is 3.01. The van der Waals surface area contributed by atoms with Gasteiger partial charge < -0.3 is 14.4 Å². The molecule has 0 amide bonds. The lowest BCUT2D eigenvalue weighted by Gasteiger charge is -2.50. The SMILES string of the molecule is CC(C)CCCC(C)C1CCC(C)C2CCC(C)C3CC4(CCC3CCCC2CCCC1CCCC(C)C)OCC(CN(C)C)CO4. The summed E-state index contributed by atoms with van der Waals surface area (Å²) in [5.41, 5.74) is 0. The van der Waals surface area contributed by atoms with Gasteiger partial charge in [0.1, 0.15) is 0 Å². The van der Waals surface area contributed by atoms with Gasteiger partial charge in [0.15, 0.2) is 5.79 Å². The van der Waals surface area contributed by atoms with Crippen molar-refractivity contribution in [3.63, 3.8) is 0 Å². The molecule has 0 bridgehead atoms. The van der Waals surface area contributed by atoms with E-state index in [-0.39, 0.29) is 5.79 Å². The molecular formula is C44H83NO2. The molecule has 3 saturated carbocycles. The summed E-state index contributed by atoms with van der Waals surface area (Å²) in [6.45, 7) is 20.4. The number of ether oxygens (including phenoxy) is 2. The van der Waals surface area contributed by atoms with Crippen molar-refractivity contribution in [2.45, 2.75) is 176 Å². The molecule has 0 radical (unpaired) electrons. The van der Waals surface area contributed by atoms with E-state index < -0.39 is 0 Å². The van der Waals surface area contributed by atoms with E-state index in [0.29, 0.717) is 5.92 Å². The second-order valence-electron chi connectivity index (χ2n) is 19.3. The Hall–Kier alpha value is -0.120. The molecule has 47 heavy (non-hydrogen) atoms. The molecule has 1 aliphatic heterocycles. The molecule has 0 aromatic rings. The van der Waals surface area contributed by atoms with Gasteiger partial charge in [-0.25, -0.2) is 0 Å². The van der Waals surface area contributed by atoms with Crippen LogP contribution in [0.5, 0.6) is 0 Å². The summed E-state index contributed by atoms with van der Waals surface area (Å²) in [5, 5.41) is 0. The number of nitrogens with zero attached hydrogens (tertiary/aromatic N) is 1. The summed E-state index contributed by atoms with van der Waals surface area (Å²) < 4.78 is 13.3. The third kappa shape index (κ3) is 12.3. The van der Waals surface area contributed by atoms with Crippen molar-refractivity contribution < 1.29 is 9.47 Å². The van der Waals surface area contributed by atoms with Crippen LogP contribution in [0.25, 0.3) is 0 Å². The maximum absolute atomic E-state index is 6.67. The quantitative estimate of drug-likeness (QED) is 0.221. The molecule has 1 saturated heterocycles. The van der Waals surface area contributed by atoms with Crippen molar-refractivity contribution in [3.05, 3.63) is 0 Å². The predicted molar refractivity (Wildman–Crippen MR) is 203 cm³/mol. The molecule has 9 unspecified atom stereocenters. The van der Waals surface area contributed by atoms with E-state index in [1.807, 2.05) is 0 Å². The van der Waals surface area contributed by atoms with Gasteiger partial charge in [0, 0.05) is 25.3 Å². The third-order valence-electron chi connectivity index (χ3n) is 14.2. The third-order valence-corrected chi connectivity index (χ3v) is 14.2. The van der Waals surface area contributed by atoms with Crippen LogP contribution in [0.15, 0.2) is 0 Å². The molecule has 0 N–H and O–H groups in total. The fourth-order valence-corrected chi connectivity index (χ4v) is 11.4. The van der Waals surface area contributed by atoms with E-state index in [1.54, 1.807) is 0 Å². The fraction of sp³-hybridized carbons (Fsp3) is 1.00. The number of rotatable bonds is 11. The Morgan fingerprint density at radius 2 is 1.26 bits per heavy atom. The number of hydrogen-bond acceptors (Lipinski definition) is 3. The summed E-state index contributed by atoms with van der Waals surface area (Å²) in [4.78, 5) is 2.28. The first-order valence-electron chi connectivity index (χ1n) is 21.4. The standard InChI is InChI=1S/C44H83NO2/c1-32(2)14-10-16-34(5)41-24-22-35(6)42-25-23-36(7)43-28-44(46-30-37(31-47-44)29-45(8)9)27-26-40(43)21-13-20-39(42)19-12-18-38(41)17-11-15-33(3)4/h32-43H,10-31H2,1-9H3. The second-order valence-corrected chi connectivity index (χ2v) is 19.3. The summed E-state index contributed by atoms with van der Waals surface area (Å²) >= 11 is 0. The van der Waals surface area contributed by atoms with Crippen molar-refractivity contribution in [2.24, 2.45) is 71.0 Å². The van der Waals surface area contributed by atoms with Crippen LogP contribution >= 0.6 is 0 Å². The summed E-state index contributed by atoms with van der Waals surface area (Å²) in [6.07, 6.45) is 27.0. The second kappa shape index (κ2) is 19.5. The normalized spacial score (nSPS) is 38.7. The molecule has 0 aromatic heterocycles. The lowest BCUT2D eigenvalue weighted by atomic mass is 9.63. The van der Waals surface area contributed by atoms with Gasteiger partial charge in [-0.3, -0.25) is 0 Å². The van der Waals surface area contributed by atoms with Crippen molar-refractivity contribution in [3.8, 4) is 0 Å². The predicted octanol–water partition coefficient (Wildman–Crippen LogP) is 12.3. The Kier molecular flexibility index (Phi) is 16.4. The first-order valence-corrected chi connectivity index (χ1v) is 21.4. The molecule has 1 spiro atoms. The zero-order valence-electron chi connectivity index (χ0n) is 33.2. The highest BCUT2D eigenvalue weighted by Crippen LogP contribution is 2.50. The van der Waals surface area contributed by atoms with E-state index in [2.05, 4.69) is 67.5 Å². The largest absolute Gasteiger partial charge is 0.349 e. The van der Waals surface area contributed by atoms with Gasteiger partial charge in [0.05, 0.1) is 13.2 Å². The van der Waals surface area contributed by atoms with E-state index in [0.717, 1.165) is 97.7 Å². The smallest absolute Gasteiger partial charge is 0.168 e. The van der Waals surface area contributed by atoms with Gasteiger partial charge in [-0.1, -0.05) is 138 Å². The lowest BCUT2D eigenvalue weighted by molar-refractivity contribution is -0.307. The van der Waals surface area contributed by atoms with Crippen LogP contribution < -0.4 is 0 Å². The molecule has 4 aliphatic rings. The van der Waals surface area contributed by atoms with Crippen molar-refractivity contribution in [1.82, 2.24) is 4.90 Å². The van der Waals surface area contributed by atoms with Gasteiger partial charge in [0.2, 0.25) is 0 Å². The van der Waals surface area contributed by atoms with Crippen molar-refractivity contribution in [2.75, 3.05) is 33.9 Å². The van der Waals surface area contributed by atoms with E-state index in [1.165, 1.54) is 109 Å². The highest BCUT2D eigenvalue weighted by molar-refractivity contribution is 4.92. The first-order chi connectivity index (χ1) is 22.5. The first kappa shape index (κ1) is 39.7.